The van der Waals surface area contributed by atoms with Crippen molar-refractivity contribution in [1.29, 1.82) is 0 Å². The van der Waals surface area contributed by atoms with Crippen LogP contribution in [-0.4, -0.2) is 26.8 Å². The highest BCUT2D eigenvalue weighted by molar-refractivity contribution is 5.64. The summed E-state index contributed by atoms with van der Waals surface area (Å²) >= 11 is 0. The van der Waals surface area contributed by atoms with Crippen LogP contribution in [0.1, 0.15) is 39.2 Å². The van der Waals surface area contributed by atoms with Crippen molar-refractivity contribution < 1.29 is 4.74 Å². The van der Waals surface area contributed by atoms with Crippen molar-refractivity contribution in [1.82, 2.24) is 20.2 Å². The molecule has 6 heteroatoms. The van der Waals surface area contributed by atoms with E-state index in [2.05, 4.69) is 22.4 Å². The predicted molar refractivity (Wildman–Crippen MR) is 80.9 cm³/mol. The van der Waals surface area contributed by atoms with Crippen LogP contribution in [0.5, 0.6) is 5.75 Å². The second-order valence-electron chi connectivity index (χ2n) is 5.74. The topological polar surface area (TPSA) is 78.8 Å². The highest BCUT2D eigenvalue weighted by Crippen LogP contribution is 2.36. The summed E-state index contributed by atoms with van der Waals surface area (Å²) in [5.74, 6) is 2.25. The van der Waals surface area contributed by atoms with Gasteiger partial charge in [-0.1, -0.05) is 6.92 Å². The lowest BCUT2D eigenvalue weighted by molar-refractivity contribution is 0.340. The molecule has 3 rings (SSSR count). The molecule has 1 aliphatic carbocycles. The van der Waals surface area contributed by atoms with Gasteiger partial charge < -0.3 is 10.5 Å². The number of benzene rings is 1. The highest BCUT2D eigenvalue weighted by atomic mass is 16.5. The lowest BCUT2D eigenvalue weighted by atomic mass is 10.1. The lowest BCUT2D eigenvalue weighted by Gasteiger charge is -2.13. The molecule has 21 heavy (non-hydrogen) atoms. The quantitative estimate of drug-likeness (QED) is 0.875. The average Bonchev–Trinajstić information content (AvgIpc) is 3.06. The summed E-state index contributed by atoms with van der Waals surface area (Å²) in [6, 6.07) is 6.03. The monoisotopic (exact) mass is 287 g/mol. The molecule has 1 aliphatic rings. The molecule has 2 aromatic rings. The van der Waals surface area contributed by atoms with Gasteiger partial charge >= 0.3 is 0 Å². The molecule has 112 valence electrons. The molecule has 0 radical (unpaired) electrons. The van der Waals surface area contributed by atoms with E-state index in [0.717, 1.165) is 35.9 Å². The van der Waals surface area contributed by atoms with Crippen LogP contribution in [0.2, 0.25) is 0 Å². The van der Waals surface area contributed by atoms with E-state index >= 15 is 0 Å². The number of nitrogens with two attached hydrogens (primary N) is 1. The standard InChI is InChI=1S/C15H21N5O/c1-3-21-14-8-11(7-12(16)9-14)15-17-18-19-20(15)13-5-4-10(2)6-13/h7-10,13H,3-6,16H2,1-2H3. The number of rotatable bonds is 4. The third kappa shape index (κ3) is 2.84. The van der Waals surface area contributed by atoms with Crippen molar-refractivity contribution in [2.75, 3.05) is 12.3 Å². The van der Waals surface area contributed by atoms with Gasteiger partial charge in [0, 0.05) is 17.3 Å². The molecular weight excluding hydrogens is 266 g/mol. The van der Waals surface area contributed by atoms with E-state index in [9.17, 15) is 0 Å². The summed E-state index contributed by atoms with van der Waals surface area (Å²) in [5.41, 5.74) is 7.53. The van der Waals surface area contributed by atoms with Crippen LogP contribution in [0.25, 0.3) is 11.4 Å². The lowest BCUT2D eigenvalue weighted by Crippen LogP contribution is -2.09. The Hall–Kier alpha value is -2.11. The van der Waals surface area contributed by atoms with E-state index in [4.69, 9.17) is 10.5 Å². The largest absolute Gasteiger partial charge is 0.494 e. The molecule has 0 spiro atoms. The van der Waals surface area contributed by atoms with Crippen molar-refractivity contribution in [3.05, 3.63) is 18.2 Å². The smallest absolute Gasteiger partial charge is 0.182 e. The number of hydrogen-bond acceptors (Lipinski definition) is 5. The van der Waals surface area contributed by atoms with Gasteiger partial charge in [-0.05, 0) is 54.7 Å². The van der Waals surface area contributed by atoms with Gasteiger partial charge in [0.25, 0.3) is 0 Å². The van der Waals surface area contributed by atoms with Gasteiger partial charge in [0.05, 0.1) is 12.6 Å². The molecule has 1 heterocycles. The summed E-state index contributed by atoms with van der Waals surface area (Å²) in [6.45, 7) is 4.83. The fraction of sp³-hybridized carbons (Fsp3) is 0.533. The zero-order valence-electron chi connectivity index (χ0n) is 12.5. The number of ether oxygens (including phenoxy) is 1. The number of anilines is 1. The van der Waals surface area contributed by atoms with Crippen molar-refractivity contribution in [3.63, 3.8) is 0 Å². The second-order valence-corrected chi connectivity index (χ2v) is 5.74. The maximum Gasteiger partial charge on any atom is 0.182 e. The summed E-state index contributed by atoms with van der Waals surface area (Å²) < 4.78 is 7.49. The molecule has 6 nitrogen and oxygen atoms in total. The number of hydrogen-bond donors (Lipinski definition) is 1. The Balaban J connectivity index is 1.96. The third-order valence-electron chi connectivity index (χ3n) is 4.00. The molecule has 2 N–H and O–H groups in total. The van der Waals surface area contributed by atoms with Gasteiger partial charge in [0.15, 0.2) is 5.82 Å². The van der Waals surface area contributed by atoms with Crippen molar-refractivity contribution in [2.24, 2.45) is 5.92 Å². The second kappa shape index (κ2) is 5.71. The van der Waals surface area contributed by atoms with Crippen LogP contribution >= 0.6 is 0 Å². The molecule has 0 aliphatic heterocycles. The van der Waals surface area contributed by atoms with Crippen LogP contribution in [0.3, 0.4) is 0 Å². The molecule has 1 fully saturated rings. The minimum Gasteiger partial charge on any atom is -0.494 e. The first-order chi connectivity index (χ1) is 10.2. The van der Waals surface area contributed by atoms with E-state index in [1.165, 1.54) is 6.42 Å². The van der Waals surface area contributed by atoms with Crippen molar-refractivity contribution >= 4 is 5.69 Å². The molecule has 2 atom stereocenters. The van der Waals surface area contributed by atoms with Gasteiger partial charge in [-0.25, -0.2) is 4.68 Å². The van der Waals surface area contributed by atoms with Gasteiger partial charge in [-0.3, -0.25) is 0 Å². The fourth-order valence-corrected chi connectivity index (χ4v) is 3.03. The van der Waals surface area contributed by atoms with Crippen LogP contribution in [-0.2, 0) is 0 Å². The van der Waals surface area contributed by atoms with Gasteiger partial charge in [-0.2, -0.15) is 0 Å². The molecule has 1 aromatic heterocycles. The van der Waals surface area contributed by atoms with E-state index < -0.39 is 0 Å². The molecule has 0 bridgehead atoms. The first kappa shape index (κ1) is 13.9. The van der Waals surface area contributed by atoms with Crippen molar-refractivity contribution in [3.8, 4) is 17.1 Å². The zero-order chi connectivity index (χ0) is 14.8. The first-order valence-corrected chi connectivity index (χ1v) is 7.49. The number of nitrogen functional groups attached to an aromatic ring is 1. The Morgan fingerprint density at radius 2 is 2.19 bits per heavy atom. The van der Waals surface area contributed by atoms with Gasteiger partial charge in [-0.15, -0.1) is 5.10 Å². The molecule has 2 unspecified atom stereocenters. The van der Waals surface area contributed by atoms with Crippen LogP contribution < -0.4 is 10.5 Å². The summed E-state index contributed by atoms with van der Waals surface area (Å²) in [4.78, 5) is 0. The number of tetrazole rings is 1. The van der Waals surface area contributed by atoms with Gasteiger partial charge in [0.2, 0.25) is 0 Å². The highest BCUT2D eigenvalue weighted by Gasteiger charge is 2.26. The Kier molecular flexibility index (Phi) is 3.77. The Bertz CT molecular complexity index is 624. The number of nitrogens with zero attached hydrogens (tertiary/aromatic N) is 4. The van der Waals surface area contributed by atoms with E-state index in [-0.39, 0.29) is 0 Å². The molecule has 0 amide bonds. The van der Waals surface area contributed by atoms with E-state index in [0.29, 0.717) is 18.3 Å². The van der Waals surface area contributed by atoms with Crippen LogP contribution in [0.15, 0.2) is 18.2 Å². The summed E-state index contributed by atoms with van der Waals surface area (Å²) in [7, 11) is 0. The minimum atomic E-state index is 0.377. The van der Waals surface area contributed by atoms with E-state index in [1.54, 1.807) is 0 Å². The SMILES string of the molecule is CCOc1cc(N)cc(-c2nnnn2C2CCC(C)C2)c1. The van der Waals surface area contributed by atoms with Crippen LogP contribution in [0, 0.1) is 5.92 Å². The Labute approximate surface area is 124 Å². The molecular formula is C15H21N5O. The zero-order valence-corrected chi connectivity index (χ0v) is 12.5. The molecule has 1 aromatic carbocycles. The molecule has 1 saturated carbocycles. The maximum atomic E-state index is 5.96. The summed E-state index contributed by atoms with van der Waals surface area (Å²) in [6.07, 6.45) is 3.48. The third-order valence-corrected chi connectivity index (χ3v) is 4.00. The predicted octanol–water partition coefficient (Wildman–Crippen LogP) is 2.68. The average molecular weight is 287 g/mol. The normalized spacial score (nSPS) is 21.6. The van der Waals surface area contributed by atoms with Gasteiger partial charge in [0.1, 0.15) is 5.75 Å². The first-order valence-electron chi connectivity index (χ1n) is 7.49. The maximum absolute atomic E-state index is 5.96. The van der Waals surface area contributed by atoms with Crippen LogP contribution in [0.4, 0.5) is 5.69 Å². The molecule has 0 saturated heterocycles. The Morgan fingerprint density at radius 1 is 1.33 bits per heavy atom. The minimum absolute atomic E-state index is 0.377. The summed E-state index contributed by atoms with van der Waals surface area (Å²) in [5, 5.41) is 12.2. The van der Waals surface area contributed by atoms with Crippen molar-refractivity contribution in [2.45, 2.75) is 39.2 Å². The fourth-order valence-electron chi connectivity index (χ4n) is 3.03. The van der Waals surface area contributed by atoms with E-state index in [1.807, 2.05) is 29.8 Å². The number of aromatic nitrogens is 4. The Morgan fingerprint density at radius 3 is 2.90 bits per heavy atom.